The second-order valence-electron chi connectivity index (χ2n) is 6.12. The lowest BCUT2D eigenvalue weighted by molar-refractivity contribution is 0.110. The Hall–Kier alpha value is -1.87. The fourth-order valence-corrected chi connectivity index (χ4v) is 3.04. The van der Waals surface area contributed by atoms with Gasteiger partial charge in [-0.2, -0.15) is 0 Å². The minimum absolute atomic E-state index is 0.212. The maximum atomic E-state index is 12.9. The summed E-state index contributed by atoms with van der Waals surface area (Å²) in [6, 6.07) is 15.5. The van der Waals surface area contributed by atoms with Crippen LogP contribution in [0.5, 0.6) is 0 Å². The van der Waals surface area contributed by atoms with E-state index < -0.39 is 0 Å². The van der Waals surface area contributed by atoms with Gasteiger partial charge < -0.3 is 9.64 Å². The molecule has 0 spiro atoms. The van der Waals surface area contributed by atoms with Crippen molar-refractivity contribution in [1.82, 2.24) is 0 Å². The minimum atomic E-state index is -0.212. The Balaban J connectivity index is 1.67. The van der Waals surface area contributed by atoms with Crippen molar-refractivity contribution < 1.29 is 9.13 Å². The predicted octanol–water partition coefficient (Wildman–Crippen LogP) is 4.39. The molecule has 1 aliphatic heterocycles. The van der Waals surface area contributed by atoms with Crippen LogP contribution in [0.1, 0.15) is 25.0 Å². The molecule has 0 fully saturated rings. The van der Waals surface area contributed by atoms with E-state index in [0.717, 1.165) is 12.0 Å². The van der Waals surface area contributed by atoms with Crippen molar-refractivity contribution in [3.63, 3.8) is 0 Å². The summed E-state index contributed by atoms with van der Waals surface area (Å²) in [5, 5.41) is 0. The number of nitrogens with zero attached hydrogens (tertiary/aromatic N) is 1. The molecule has 0 N–H and O–H groups in total. The Morgan fingerprint density at radius 1 is 1.09 bits per heavy atom. The van der Waals surface area contributed by atoms with E-state index in [-0.39, 0.29) is 5.82 Å². The van der Waals surface area contributed by atoms with Crippen LogP contribution in [0, 0.1) is 11.7 Å². The van der Waals surface area contributed by atoms with E-state index in [1.807, 2.05) is 0 Å². The van der Waals surface area contributed by atoms with Crippen molar-refractivity contribution in [2.75, 3.05) is 11.6 Å². The summed E-state index contributed by atoms with van der Waals surface area (Å²) < 4.78 is 18.8. The highest BCUT2D eigenvalue weighted by Crippen LogP contribution is 2.33. The molecule has 2 aromatic rings. The highest BCUT2D eigenvalue weighted by Gasteiger charge is 2.28. The number of ether oxygens (including phenoxy) is 1. The third-order valence-corrected chi connectivity index (χ3v) is 4.57. The molecule has 2 unspecified atom stereocenters. The minimum Gasteiger partial charge on any atom is -0.356 e. The van der Waals surface area contributed by atoms with Gasteiger partial charge in [-0.15, -0.1) is 0 Å². The molecule has 0 saturated carbocycles. The van der Waals surface area contributed by atoms with Gasteiger partial charge in [0.05, 0.1) is 6.61 Å². The van der Waals surface area contributed by atoms with Crippen LogP contribution in [0.25, 0.3) is 0 Å². The average Bonchev–Trinajstić information content (AvgIpc) is 2.53. The Kier molecular flexibility index (Phi) is 4.44. The van der Waals surface area contributed by atoms with E-state index in [2.05, 4.69) is 43.0 Å². The van der Waals surface area contributed by atoms with Gasteiger partial charge in [0.25, 0.3) is 0 Å². The Bertz CT molecular complexity index is 626. The van der Waals surface area contributed by atoms with Crippen LogP contribution in [0.4, 0.5) is 10.1 Å². The van der Waals surface area contributed by atoms with Crippen LogP contribution in [0.15, 0.2) is 48.5 Å². The first-order valence-corrected chi connectivity index (χ1v) is 7.82. The Labute approximate surface area is 131 Å². The molecule has 3 heteroatoms. The van der Waals surface area contributed by atoms with E-state index in [0.29, 0.717) is 25.3 Å². The van der Waals surface area contributed by atoms with Crippen LogP contribution >= 0.6 is 0 Å². The van der Waals surface area contributed by atoms with E-state index >= 15 is 0 Å². The summed E-state index contributed by atoms with van der Waals surface area (Å²) in [7, 11) is 0. The molecule has 2 atom stereocenters. The lowest BCUT2D eigenvalue weighted by Gasteiger charge is -2.40. The number of hydrogen-bond acceptors (Lipinski definition) is 2. The molecule has 22 heavy (non-hydrogen) atoms. The topological polar surface area (TPSA) is 12.5 Å². The van der Waals surface area contributed by atoms with Crippen LogP contribution in [0.3, 0.4) is 0 Å². The van der Waals surface area contributed by atoms with Gasteiger partial charge in [0, 0.05) is 11.7 Å². The van der Waals surface area contributed by atoms with Gasteiger partial charge in [0.1, 0.15) is 12.5 Å². The predicted molar refractivity (Wildman–Crippen MR) is 87.3 cm³/mol. The number of para-hydroxylation sites is 1. The van der Waals surface area contributed by atoms with E-state index in [1.54, 1.807) is 12.1 Å². The summed E-state index contributed by atoms with van der Waals surface area (Å²) in [5.41, 5.74) is 3.65. The van der Waals surface area contributed by atoms with Gasteiger partial charge in [-0.25, -0.2) is 4.39 Å². The van der Waals surface area contributed by atoms with Crippen LogP contribution in [-0.2, 0) is 17.8 Å². The molecule has 2 aromatic carbocycles. The second-order valence-corrected chi connectivity index (χ2v) is 6.12. The molecular formula is C19H22FNO. The highest BCUT2D eigenvalue weighted by atomic mass is 19.1. The maximum absolute atomic E-state index is 12.9. The first-order valence-electron chi connectivity index (χ1n) is 7.82. The van der Waals surface area contributed by atoms with Crippen molar-refractivity contribution in [3.05, 3.63) is 65.5 Å². The summed E-state index contributed by atoms with van der Waals surface area (Å²) in [6.45, 7) is 5.59. The SMILES string of the molecule is CC1Cc2ccccc2N(COCc2ccc(F)cc2)C1C. The average molecular weight is 299 g/mol. The van der Waals surface area contributed by atoms with Crippen molar-refractivity contribution in [3.8, 4) is 0 Å². The standard InChI is InChI=1S/C19H22FNO/c1-14-11-17-5-3-4-6-19(17)21(15(14)2)13-22-12-16-7-9-18(20)10-8-16/h3-10,14-15H,11-13H2,1-2H3. The third-order valence-electron chi connectivity index (χ3n) is 4.57. The number of hydrogen-bond donors (Lipinski definition) is 0. The van der Waals surface area contributed by atoms with E-state index in [1.165, 1.54) is 23.4 Å². The summed E-state index contributed by atoms with van der Waals surface area (Å²) in [6.07, 6.45) is 1.12. The lowest BCUT2D eigenvalue weighted by atomic mass is 9.88. The van der Waals surface area contributed by atoms with Gasteiger partial charge >= 0.3 is 0 Å². The van der Waals surface area contributed by atoms with Crippen LogP contribution in [0.2, 0.25) is 0 Å². The smallest absolute Gasteiger partial charge is 0.123 e. The van der Waals surface area contributed by atoms with Gasteiger partial charge in [-0.3, -0.25) is 0 Å². The normalized spacial score (nSPS) is 20.8. The Morgan fingerprint density at radius 2 is 1.82 bits per heavy atom. The molecule has 3 rings (SSSR count). The molecular weight excluding hydrogens is 277 g/mol. The first kappa shape index (κ1) is 15.0. The monoisotopic (exact) mass is 299 g/mol. The fraction of sp³-hybridized carbons (Fsp3) is 0.368. The molecule has 2 nitrogen and oxygen atoms in total. The second kappa shape index (κ2) is 6.49. The summed E-state index contributed by atoms with van der Waals surface area (Å²) >= 11 is 0. The molecule has 0 amide bonds. The third kappa shape index (κ3) is 3.14. The summed E-state index contributed by atoms with van der Waals surface area (Å²) in [5.74, 6) is 0.389. The number of anilines is 1. The number of rotatable bonds is 4. The largest absolute Gasteiger partial charge is 0.356 e. The zero-order valence-electron chi connectivity index (χ0n) is 13.1. The van der Waals surface area contributed by atoms with Gasteiger partial charge in [0.15, 0.2) is 0 Å². The van der Waals surface area contributed by atoms with Crippen LogP contribution in [-0.4, -0.2) is 12.8 Å². The molecule has 0 bridgehead atoms. The van der Waals surface area contributed by atoms with Crippen molar-refractivity contribution in [1.29, 1.82) is 0 Å². The quantitative estimate of drug-likeness (QED) is 0.830. The molecule has 0 aliphatic carbocycles. The van der Waals surface area contributed by atoms with E-state index in [4.69, 9.17) is 4.74 Å². The first-order chi connectivity index (χ1) is 10.6. The molecule has 1 aliphatic rings. The molecule has 0 radical (unpaired) electrons. The maximum Gasteiger partial charge on any atom is 0.123 e. The number of benzene rings is 2. The van der Waals surface area contributed by atoms with Gasteiger partial charge in [-0.05, 0) is 48.6 Å². The molecule has 0 aromatic heterocycles. The van der Waals surface area contributed by atoms with Crippen molar-refractivity contribution in [2.45, 2.75) is 32.9 Å². The Morgan fingerprint density at radius 3 is 2.59 bits per heavy atom. The lowest BCUT2D eigenvalue weighted by Crippen LogP contribution is -2.43. The number of halogens is 1. The summed E-state index contributed by atoms with van der Waals surface area (Å²) in [4.78, 5) is 2.33. The van der Waals surface area contributed by atoms with E-state index in [9.17, 15) is 4.39 Å². The molecule has 1 heterocycles. The van der Waals surface area contributed by atoms with Gasteiger partial charge in [0.2, 0.25) is 0 Å². The zero-order chi connectivity index (χ0) is 15.5. The van der Waals surface area contributed by atoms with Crippen molar-refractivity contribution in [2.24, 2.45) is 5.92 Å². The fourth-order valence-electron chi connectivity index (χ4n) is 3.04. The van der Waals surface area contributed by atoms with Crippen molar-refractivity contribution >= 4 is 5.69 Å². The highest BCUT2D eigenvalue weighted by molar-refractivity contribution is 5.56. The van der Waals surface area contributed by atoms with Gasteiger partial charge in [-0.1, -0.05) is 37.3 Å². The molecule has 0 saturated heterocycles. The zero-order valence-corrected chi connectivity index (χ0v) is 13.1. The molecule has 116 valence electrons. The number of fused-ring (bicyclic) bond motifs is 1. The van der Waals surface area contributed by atoms with Crippen LogP contribution < -0.4 is 4.90 Å².